The molecule has 2 aromatic carbocycles. The molecule has 1 aliphatic rings. The average Bonchev–Trinajstić information content (AvgIpc) is 2.79. The fraction of sp³-hybridized carbons (Fsp3) is 0.320. The van der Waals surface area contributed by atoms with Gasteiger partial charge in [0.15, 0.2) is 0 Å². The molecule has 1 fully saturated rings. The molecule has 1 saturated carbocycles. The quantitative estimate of drug-likeness (QED) is 0.479. The van der Waals surface area contributed by atoms with Gasteiger partial charge in [-0.05, 0) is 49.7 Å². The zero-order chi connectivity index (χ0) is 22.5. The Morgan fingerprint density at radius 2 is 1.72 bits per heavy atom. The van der Waals surface area contributed by atoms with Crippen LogP contribution >= 0.6 is 0 Å². The lowest BCUT2D eigenvalue weighted by Gasteiger charge is -2.29. The molecule has 0 radical (unpaired) electrons. The van der Waals surface area contributed by atoms with Gasteiger partial charge >= 0.3 is 5.69 Å². The number of rotatable bonds is 6. The van der Waals surface area contributed by atoms with Crippen LogP contribution in [0.15, 0.2) is 64.2 Å². The van der Waals surface area contributed by atoms with Crippen molar-refractivity contribution in [3.8, 4) is 0 Å². The standard InChI is InChI=1S/C25H28N4O3/c1-16-6-5-7-17(14-16)15-26-21-22(28-25(32)29-23(21)30)24(31)27-20-12-10-19(11-13-20)18-8-3-2-4-9-18/h2-9,14,19-20,26H,10-13,15H2,1H3,(H,27,31)(H2,28,29,30,32). The predicted octanol–water partition coefficient (Wildman–Crippen LogP) is 3.44. The van der Waals surface area contributed by atoms with E-state index in [4.69, 9.17) is 0 Å². The van der Waals surface area contributed by atoms with Gasteiger partial charge in [-0.3, -0.25) is 14.6 Å². The van der Waals surface area contributed by atoms with Crippen molar-refractivity contribution in [2.24, 2.45) is 0 Å². The number of aromatic nitrogens is 2. The number of aromatic amines is 2. The molecule has 166 valence electrons. The molecule has 0 atom stereocenters. The van der Waals surface area contributed by atoms with E-state index in [0.29, 0.717) is 12.5 Å². The van der Waals surface area contributed by atoms with E-state index in [-0.39, 0.29) is 17.4 Å². The Bertz CT molecular complexity index is 1190. The molecule has 3 aromatic rings. The van der Waals surface area contributed by atoms with Gasteiger partial charge in [0.05, 0.1) is 0 Å². The molecule has 4 rings (SSSR count). The van der Waals surface area contributed by atoms with Gasteiger partial charge < -0.3 is 15.6 Å². The molecule has 1 aliphatic carbocycles. The first-order chi connectivity index (χ1) is 15.5. The molecule has 32 heavy (non-hydrogen) atoms. The first-order valence-electron chi connectivity index (χ1n) is 11.0. The highest BCUT2D eigenvalue weighted by Crippen LogP contribution is 2.32. The Morgan fingerprint density at radius 1 is 0.969 bits per heavy atom. The maximum atomic E-state index is 13.0. The van der Waals surface area contributed by atoms with E-state index < -0.39 is 17.2 Å². The molecule has 0 bridgehead atoms. The first kappa shape index (κ1) is 21.6. The molecule has 4 N–H and O–H groups in total. The van der Waals surface area contributed by atoms with Crippen molar-refractivity contribution in [2.75, 3.05) is 5.32 Å². The van der Waals surface area contributed by atoms with Gasteiger partial charge in [0.25, 0.3) is 11.5 Å². The lowest BCUT2D eigenvalue weighted by atomic mass is 9.82. The molecule has 1 heterocycles. The van der Waals surface area contributed by atoms with Crippen LogP contribution in [-0.4, -0.2) is 21.9 Å². The average molecular weight is 433 g/mol. The minimum atomic E-state index is -0.700. The van der Waals surface area contributed by atoms with Gasteiger partial charge in [-0.2, -0.15) is 0 Å². The molecular formula is C25H28N4O3. The monoisotopic (exact) mass is 432 g/mol. The second-order valence-corrected chi connectivity index (χ2v) is 8.43. The van der Waals surface area contributed by atoms with Crippen molar-refractivity contribution in [1.29, 1.82) is 0 Å². The van der Waals surface area contributed by atoms with Crippen LogP contribution in [0, 0.1) is 6.92 Å². The minimum absolute atomic E-state index is 0.00914. The molecule has 1 aromatic heterocycles. The summed E-state index contributed by atoms with van der Waals surface area (Å²) in [7, 11) is 0. The van der Waals surface area contributed by atoms with E-state index in [2.05, 4.69) is 44.9 Å². The SMILES string of the molecule is Cc1cccc(CNc2c(C(=O)NC3CCC(c4ccccc4)CC3)[nH]c(=O)[nH]c2=O)c1. The van der Waals surface area contributed by atoms with Crippen molar-refractivity contribution in [1.82, 2.24) is 15.3 Å². The lowest BCUT2D eigenvalue weighted by molar-refractivity contribution is 0.0921. The fourth-order valence-corrected chi connectivity index (χ4v) is 4.39. The van der Waals surface area contributed by atoms with E-state index in [1.54, 1.807) is 0 Å². The summed E-state index contributed by atoms with van der Waals surface area (Å²) < 4.78 is 0. The normalized spacial score (nSPS) is 18.2. The van der Waals surface area contributed by atoms with Crippen LogP contribution in [0.5, 0.6) is 0 Å². The molecule has 7 nitrogen and oxygen atoms in total. The van der Waals surface area contributed by atoms with Gasteiger partial charge in [0, 0.05) is 12.6 Å². The number of aryl methyl sites for hydroxylation is 1. The first-order valence-corrected chi connectivity index (χ1v) is 11.0. The maximum absolute atomic E-state index is 13.0. The highest BCUT2D eigenvalue weighted by atomic mass is 16.2. The van der Waals surface area contributed by atoms with Crippen LogP contribution in [0.3, 0.4) is 0 Å². The number of carbonyl (C=O) groups is 1. The Morgan fingerprint density at radius 3 is 2.44 bits per heavy atom. The van der Waals surface area contributed by atoms with Gasteiger partial charge in [-0.1, -0.05) is 60.2 Å². The van der Waals surface area contributed by atoms with Crippen molar-refractivity contribution < 1.29 is 4.79 Å². The van der Waals surface area contributed by atoms with Crippen molar-refractivity contribution in [3.63, 3.8) is 0 Å². The van der Waals surface area contributed by atoms with Crippen LogP contribution in [-0.2, 0) is 6.54 Å². The zero-order valence-electron chi connectivity index (χ0n) is 18.1. The van der Waals surface area contributed by atoms with E-state index >= 15 is 0 Å². The topological polar surface area (TPSA) is 107 Å². The smallest absolute Gasteiger partial charge is 0.326 e. The summed E-state index contributed by atoms with van der Waals surface area (Å²) >= 11 is 0. The molecule has 7 heteroatoms. The summed E-state index contributed by atoms with van der Waals surface area (Å²) in [6.45, 7) is 2.35. The van der Waals surface area contributed by atoms with Crippen LogP contribution in [0.25, 0.3) is 0 Å². The third-order valence-corrected chi connectivity index (χ3v) is 6.05. The third-order valence-electron chi connectivity index (χ3n) is 6.05. The van der Waals surface area contributed by atoms with Gasteiger partial charge in [0.2, 0.25) is 0 Å². The predicted molar refractivity (Wildman–Crippen MR) is 125 cm³/mol. The molecule has 1 amide bonds. The Balaban J connectivity index is 1.44. The minimum Gasteiger partial charge on any atom is -0.375 e. The van der Waals surface area contributed by atoms with Crippen LogP contribution in [0.4, 0.5) is 5.69 Å². The number of H-pyrrole nitrogens is 2. The van der Waals surface area contributed by atoms with Crippen molar-refractivity contribution in [3.05, 3.63) is 97.8 Å². The number of benzene rings is 2. The molecule has 0 unspecified atom stereocenters. The molecule has 0 saturated heterocycles. The number of hydrogen-bond donors (Lipinski definition) is 4. The third kappa shape index (κ3) is 5.17. The highest BCUT2D eigenvalue weighted by molar-refractivity contribution is 5.97. The summed E-state index contributed by atoms with van der Waals surface area (Å²) in [6.07, 6.45) is 3.67. The number of carbonyl (C=O) groups excluding carboxylic acids is 1. The van der Waals surface area contributed by atoms with Crippen molar-refractivity contribution >= 4 is 11.6 Å². The van der Waals surface area contributed by atoms with Crippen LogP contribution < -0.4 is 21.9 Å². The van der Waals surface area contributed by atoms with Crippen molar-refractivity contribution in [2.45, 2.75) is 51.1 Å². The van der Waals surface area contributed by atoms with Gasteiger partial charge in [-0.25, -0.2) is 4.79 Å². The second-order valence-electron chi connectivity index (χ2n) is 8.43. The largest absolute Gasteiger partial charge is 0.375 e. The van der Waals surface area contributed by atoms with E-state index in [9.17, 15) is 14.4 Å². The van der Waals surface area contributed by atoms with E-state index in [1.165, 1.54) is 5.56 Å². The fourth-order valence-electron chi connectivity index (χ4n) is 4.39. The summed E-state index contributed by atoms with van der Waals surface area (Å²) in [6, 6.07) is 18.3. The van der Waals surface area contributed by atoms with Gasteiger partial charge in [0.1, 0.15) is 11.4 Å². The summed E-state index contributed by atoms with van der Waals surface area (Å²) in [4.78, 5) is 42.0. The number of amides is 1. The van der Waals surface area contributed by atoms with Crippen LogP contribution in [0.2, 0.25) is 0 Å². The maximum Gasteiger partial charge on any atom is 0.326 e. The summed E-state index contributed by atoms with van der Waals surface area (Å²) in [5, 5.41) is 6.03. The zero-order valence-corrected chi connectivity index (χ0v) is 18.1. The second kappa shape index (κ2) is 9.68. The Kier molecular flexibility index (Phi) is 6.54. The molecule has 0 aliphatic heterocycles. The number of nitrogens with one attached hydrogen (secondary N) is 4. The molecular weight excluding hydrogens is 404 g/mol. The number of hydrogen-bond acceptors (Lipinski definition) is 4. The highest BCUT2D eigenvalue weighted by Gasteiger charge is 2.25. The summed E-state index contributed by atoms with van der Waals surface area (Å²) in [5.74, 6) is 0.0541. The van der Waals surface area contributed by atoms with Gasteiger partial charge in [-0.15, -0.1) is 0 Å². The Hall–Kier alpha value is -3.61. The van der Waals surface area contributed by atoms with E-state index in [0.717, 1.165) is 36.8 Å². The number of anilines is 1. The van der Waals surface area contributed by atoms with E-state index in [1.807, 2.05) is 37.3 Å². The molecule has 0 spiro atoms. The Labute approximate surface area is 186 Å². The lowest BCUT2D eigenvalue weighted by Crippen LogP contribution is -2.40. The van der Waals surface area contributed by atoms with Crippen LogP contribution in [0.1, 0.15) is 58.8 Å². The summed E-state index contributed by atoms with van der Waals surface area (Å²) in [5.41, 5.74) is 2.13.